The molecule has 0 radical (unpaired) electrons. The highest BCUT2D eigenvalue weighted by molar-refractivity contribution is 6.31. The third-order valence-corrected chi connectivity index (χ3v) is 4.55. The van der Waals surface area contributed by atoms with Gasteiger partial charge in [-0.05, 0) is 26.0 Å². The summed E-state index contributed by atoms with van der Waals surface area (Å²) in [5, 5.41) is 8.21. The number of carbonyl (C=O) groups is 2. The fraction of sp³-hybridized carbons (Fsp3) is 0.278. The van der Waals surface area contributed by atoms with Gasteiger partial charge in [0.2, 0.25) is 0 Å². The van der Waals surface area contributed by atoms with Gasteiger partial charge in [-0.15, -0.1) is 0 Å². The van der Waals surface area contributed by atoms with Crippen LogP contribution in [0.4, 0.5) is 18.0 Å². The lowest BCUT2D eigenvalue weighted by atomic mass is 9.95. The standard InChI is InChI=1S/C18H16ClF3N4O3/c1-3-29-16(27)12-13(23-17(28)24-14(12)18(20,21)22)11-9(2)25-26(15(11)19)10-7-5-4-6-8-10/h4-8,13H,3H2,1-2H3,(H2,23,24,28)/t13-/m1/s1. The zero-order chi connectivity index (χ0) is 21.3. The fourth-order valence-corrected chi connectivity index (χ4v) is 3.39. The van der Waals surface area contributed by atoms with Crippen molar-refractivity contribution in [3.63, 3.8) is 0 Å². The van der Waals surface area contributed by atoms with Crippen molar-refractivity contribution in [1.29, 1.82) is 0 Å². The van der Waals surface area contributed by atoms with Gasteiger partial charge >= 0.3 is 18.2 Å². The van der Waals surface area contributed by atoms with Crippen LogP contribution in [0.15, 0.2) is 41.6 Å². The number of amides is 2. The largest absolute Gasteiger partial charge is 0.463 e. The predicted molar refractivity (Wildman–Crippen MR) is 97.4 cm³/mol. The van der Waals surface area contributed by atoms with Gasteiger partial charge < -0.3 is 15.4 Å². The molecule has 2 aromatic rings. The third-order valence-electron chi connectivity index (χ3n) is 4.19. The van der Waals surface area contributed by atoms with Crippen LogP contribution in [0.1, 0.15) is 24.2 Å². The van der Waals surface area contributed by atoms with E-state index < -0.39 is 35.5 Å². The average molecular weight is 429 g/mol. The van der Waals surface area contributed by atoms with E-state index in [9.17, 15) is 22.8 Å². The Morgan fingerprint density at radius 2 is 1.97 bits per heavy atom. The summed E-state index contributed by atoms with van der Waals surface area (Å²) >= 11 is 6.43. The molecular weight excluding hydrogens is 413 g/mol. The Morgan fingerprint density at radius 3 is 2.55 bits per heavy atom. The van der Waals surface area contributed by atoms with Crippen molar-refractivity contribution in [1.82, 2.24) is 20.4 Å². The Kier molecular flexibility index (Phi) is 5.56. The first-order valence-corrected chi connectivity index (χ1v) is 8.89. The molecule has 2 amide bonds. The monoisotopic (exact) mass is 428 g/mol. The molecule has 0 spiro atoms. The highest BCUT2D eigenvalue weighted by atomic mass is 35.5. The van der Waals surface area contributed by atoms with E-state index in [1.165, 1.54) is 18.5 Å². The number of nitrogens with one attached hydrogen (secondary N) is 2. The molecule has 1 atom stereocenters. The van der Waals surface area contributed by atoms with Gasteiger partial charge in [0, 0.05) is 5.56 Å². The molecule has 7 nitrogen and oxygen atoms in total. The van der Waals surface area contributed by atoms with Gasteiger partial charge in [-0.1, -0.05) is 29.8 Å². The van der Waals surface area contributed by atoms with E-state index in [1.54, 1.807) is 35.6 Å². The molecule has 154 valence electrons. The number of aromatic nitrogens is 2. The maximum absolute atomic E-state index is 13.6. The van der Waals surface area contributed by atoms with Crippen LogP contribution >= 0.6 is 11.6 Å². The molecule has 2 N–H and O–H groups in total. The molecule has 0 bridgehead atoms. The Morgan fingerprint density at radius 1 is 1.31 bits per heavy atom. The van der Waals surface area contributed by atoms with Crippen LogP contribution in [0.5, 0.6) is 0 Å². The second-order valence-electron chi connectivity index (χ2n) is 6.08. The number of benzene rings is 1. The maximum atomic E-state index is 13.6. The summed E-state index contributed by atoms with van der Waals surface area (Å²) in [4.78, 5) is 24.4. The maximum Gasteiger partial charge on any atom is 0.432 e. The van der Waals surface area contributed by atoms with E-state index >= 15 is 0 Å². The van der Waals surface area contributed by atoms with Gasteiger partial charge in [0.1, 0.15) is 10.9 Å². The summed E-state index contributed by atoms with van der Waals surface area (Å²) in [5.41, 5.74) is -1.42. The highest BCUT2D eigenvalue weighted by Crippen LogP contribution is 2.39. The Labute approximate surface area is 168 Å². The molecule has 0 saturated heterocycles. The van der Waals surface area contributed by atoms with Crippen LogP contribution in [0.3, 0.4) is 0 Å². The molecule has 0 fully saturated rings. The van der Waals surface area contributed by atoms with Crippen molar-refractivity contribution in [3.8, 4) is 5.69 Å². The number of alkyl halides is 3. The molecule has 2 heterocycles. The first-order chi connectivity index (χ1) is 13.6. The molecular formula is C18H16ClF3N4O3. The van der Waals surface area contributed by atoms with Gasteiger partial charge in [0.25, 0.3) is 0 Å². The smallest absolute Gasteiger partial charge is 0.432 e. The van der Waals surface area contributed by atoms with Crippen molar-refractivity contribution < 1.29 is 27.5 Å². The molecule has 1 aliphatic heterocycles. The minimum absolute atomic E-state index is 0.0378. The van der Waals surface area contributed by atoms with Crippen LogP contribution in [0, 0.1) is 6.92 Å². The van der Waals surface area contributed by atoms with Gasteiger partial charge in [0.05, 0.1) is 29.6 Å². The van der Waals surface area contributed by atoms with Crippen molar-refractivity contribution >= 4 is 23.6 Å². The molecule has 1 aliphatic rings. The average Bonchev–Trinajstić information content (AvgIpc) is 2.95. The second kappa shape index (κ2) is 7.78. The van der Waals surface area contributed by atoms with Crippen molar-refractivity contribution in [3.05, 3.63) is 58.0 Å². The number of esters is 1. The summed E-state index contributed by atoms with van der Waals surface area (Å²) in [6.07, 6.45) is -4.99. The van der Waals surface area contributed by atoms with E-state index in [0.717, 1.165) is 0 Å². The number of ether oxygens (including phenoxy) is 1. The molecule has 0 aliphatic carbocycles. The highest BCUT2D eigenvalue weighted by Gasteiger charge is 2.47. The zero-order valence-corrected chi connectivity index (χ0v) is 16.1. The first kappa shape index (κ1) is 20.7. The van der Waals surface area contributed by atoms with Crippen LogP contribution in [0.2, 0.25) is 5.15 Å². The van der Waals surface area contributed by atoms with Gasteiger partial charge in [-0.2, -0.15) is 18.3 Å². The molecule has 0 unspecified atom stereocenters. The van der Waals surface area contributed by atoms with Crippen LogP contribution in [-0.4, -0.2) is 34.6 Å². The van der Waals surface area contributed by atoms with E-state index in [2.05, 4.69) is 10.4 Å². The molecule has 1 aromatic carbocycles. The molecule has 3 rings (SSSR count). The lowest BCUT2D eigenvalue weighted by Gasteiger charge is -2.29. The quantitative estimate of drug-likeness (QED) is 0.729. The van der Waals surface area contributed by atoms with Crippen LogP contribution < -0.4 is 10.6 Å². The summed E-state index contributed by atoms with van der Waals surface area (Å²) < 4.78 is 46.8. The minimum atomic E-state index is -4.99. The Balaban J connectivity index is 2.21. The Bertz CT molecular complexity index is 986. The van der Waals surface area contributed by atoms with Gasteiger partial charge in [0.15, 0.2) is 0 Å². The number of carbonyl (C=O) groups excluding carboxylic acids is 2. The number of hydrogen-bond donors (Lipinski definition) is 2. The second-order valence-corrected chi connectivity index (χ2v) is 6.43. The molecule has 29 heavy (non-hydrogen) atoms. The number of halogens is 4. The van der Waals surface area contributed by atoms with Gasteiger partial charge in [-0.25, -0.2) is 14.3 Å². The lowest BCUT2D eigenvalue weighted by molar-refractivity contribution is -0.140. The zero-order valence-electron chi connectivity index (χ0n) is 15.3. The number of nitrogens with zero attached hydrogens (tertiary/aromatic N) is 2. The molecule has 1 aromatic heterocycles. The van der Waals surface area contributed by atoms with E-state index in [1.807, 2.05) is 0 Å². The number of aryl methyl sites for hydroxylation is 1. The van der Waals surface area contributed by atoms with Crippen molar-refractivity contribution in [2.75, 3.05) is 6.61 Å². The number of urea groups is 1. The Hall–Kier alpha value is -3.01. The van der Waals surface area contributed by atoms with E-state index in [0.29, 0.717) is 5.69 Å². The van der Waals surface area contributed by atoms with Crippen molar-refractivity contribution in [2.45, 2.75) is 26.1 Å². The van der Waals surface area contributed by atoms with Gasteiger partial charge in [-0.3, -0.25) is 0 Å². The lowest BCUT2D eigenvalue weighted by Crippen LogP contribution is -2.49. The number of hydrogen-bond acceptors (Lipinski definition) is 4. The summed E-state index contributed by atoms with van der Waals surface area (Å²) in [6, 6.07) is 6.03. The van der Waals surface area contributed by atoms with Crippen molar-refractivity contribution in [2.24, 2.45) is 0 Å². The fourth-order valence-electron chi connectivity index (χ4n) is 3.01. The van der Waals surface area contributed by atoms with E-state index in [-0.39, 0.29) is 23.0 Å². The molecule has 11 heteroatoms. The summed E-state index contributed by atoms with van der Waals surface area (Å²) in [6.45, 7) is 2.83. The van der Waals surface area contributed by atoms with Crippen LogP contribution in [-0.2, 0) is 9.53 Å². The number of rotatable bonds is 4. The van der Waals surface area contributed by atoms with E-state index in [4.69, 9.17) is 16.3 Å². The third kappa shape index (κ3) is 3.93. The molecule has 0 saturated carbocycles. The minimum Gasteiger partial charge on any atom is -0.463 e. The normalized spacial score (nSPS) is 17.0. The number of para-hydroxylation sites is 1. The van der Waals surface area contributed by atoms with Crippen LogP contribution in [0.25, 0.3) is 5.69 Å². The summed E-state index contributed by atoms with van der Waals surface area (Å²) in [7, 11) is 0. The predicted octanol–water partition coefficient (Wildman–Crippen LogP) is 3.57. The topological polar surface area (TPSA) is 85.2 Å². The SMILES string of the molecule is CCOC(=O)C1=C(C(F)(F)F)NC(=O)N[C@@H]1c1c(C)nn(-c2ccccc2)c1Cl. The number of allylic oxidation sites excluding steroid dienone is 1. The summed E-state index contributed by atoms with van der Waals surface area (Å²) in [5.74, 6) is -1.22. The first-order valence-electron chi connectivity index (χ1n) is 8.51.